The number of phenolic OH excluding ortho intramolecular Hbond substituents is 1. The number of halogens is 1. The standard InChI is InChI=1S/C12H12BrNO2S/c1-16-11-4-2-8(6-10(11)15)14-7-9-3-5-12(13)17-9/h2-6,14-15H,7H2,1H3. The summed E-state index contributed by atoms with van der Waals surface area (Å²) in [6.45, 7) is 0.738. The first-order valence-electron chi connectivity index (χ1n) is 5.04. The third-order valence-electron chi connectivity index (χ3n) is 2.27. The summed E-state index contributed by atoms with van der Waals surface area (Å²) < 4.78 is 6.10. The summed E-state index contributed by atoms with van der Waals surface area (Å²) in [5.41, 5.74) is 0.868. The number of benzene rings is 1. The minimum Gasteiger partial charge on any atom is -0.504 e. The monoisotopic (exact) mass is 313 g/mol. The van der Waals surface area contributed by atoms with Crippen LogP contribution in [-0.2, 0) is 6.54 Å². The molecule has 0 saturated heterocycles. The highest BCUT2D eigenvalue weighted by atomic mass is 79.9. The molecule has 0 bridgehead atoms. The Hall–Kier alpha value is -1.20. The molecule has 0 amide bonds. The van der Waals surface area contributed by atoms with Gasteiger partial charge in [-0.25, -0.2) is 0 Å². The van der Waals surface area contributed by atoms with Crippen LogP contribution in [0.15, 0.2) is 34.1 Å². The Bertz CT molecular complexity index is 513. The molecule has 1 heterocycles. The fraction of sp³-hybridized carbons (Fsp3) is 0.167. The summed E-state index contributed by atoms with van der Waals surface area (Å²) in [6, 6.07) is 9.35. The highest BCUT2D eigenvalue weighted by molar-refractivity contribution is 9.11. The predicted molar refractivity (Wildman–Crippen MR) is 74.0 cm³/mol. The van der Waals surface area contributed by atoms with Crippen LogP contribution in [0.25, 0.3) is 0 Å². The normalized spacial score (nSPS) is 10.2. The van der Waals surface area contributed by atoms with Crippen molar-refractivity contribution < 1.29 is 9.84 Å². The molecule has 0 atom stereocenters. The molecule has 2 N–H and O–H groups in total. The van der Waals surface area contributed by atoms with Crippen LogP contribution in [0.5, 0.6) is 11.5 Å². The van der Waals surface area contributed by atoms with Crippen molar-refractivity contribution in [1.82, 2.24) is 0 Å². The quantitative estimate of drug-likeness (QED) is 0.901. The number of hydrogen-bond donors (Lipinski definition) is 2. The van der Waals surface area contributed by atoms with Crippen LogP contribution >= 0.6 is 27.3 Å². The highest BCUT2D eigenvalue weighted by Gasteiger charge is 2.03. The van der Waals surface area contributed by atoms with Crippen molar-refractivity contribution in [3.05, 3.63) is 39.0 Å². The van der Waals surface area contributed by atoms with Gasteiger partial charge in [0.25, 0.3) is 0 Å². The van der Waals surface area contributed by atoms with Gasteiger partial charge in [0.2, 0.25) is 0 Å². The van der Waals surface area contributed by atoms with Crippen molar-refractivity contribution in [2.75, 3.05) is 12.4 Å². The first-order valence-corrected chi connectivity index (χ1v) is 6.65. The molecule has 1 aromatic heterocycles. The first kappa shape index (κ1) is 12.3. The lowest BCUT2D eigenvalue weighted by atomic mass is 10.2. The van der Waals surface area contributed by atoms with Crippen LogP contribution in [-0.4, -0.2) is 12.2 Å². The third-order valence-corrected chi connectivity index (χ3v) is 3.90. The topological polar surface area (TPSA) is 41.5 Å². The van der Waals surface area contributed by atoms with E-state index >= 15 is 0 Å². The SMILES string of the molecule is COc1ccc(NCc2ccc(Br)s2)cc1O. The average Bonchev–Trinajstić information content (AvgIpc) is 2.73. The van der Waals surface area contributed by atoms with Crippen molar-refractivity contribution in [1.29, 1.82) is 0 Å². The molecule has 17 heavy (non-hydrogen) atoms. The molecular formula is C12H12BrNO2S. The molecule has 5 heteroatoms. The van der Waals surface area contributed by atoms with E-state index in [-0.39, 0.29) is 5.75 Å². The van der Waals surface area contributed by atoms with Gasteiger partial charge in [0.15, 0.2) is 11.5 Å². The van der Waals surface area contributed by atoms with E-state index in [1.807, 2.05) is 12.1 Å². The number of rotatable bonds is 4. The van der Waals surface area contributed by atoms with Gasteiger partial charge in [-0.15, -0.1) is 11.3 Å². The van der Waals surface area contributed by atoms with Gasteiger partial charge in [-0.05, 0) is 40.2 Å². The molecule has 90 valence electrons. The minimum absolute atomic E-state index is 0.143. The molecule has 0 aliphatic heterocycles. The Labute approximate surface area is 112 Å². The second kappa shape index (κ2) is 5.42. The van der Waals surface area contributed by atoms with Crippen LogP contribution < -0.4 is 10.1 Å². The summed E-state index contributed by atoms with van der Waals surface area (Å²) in [7, 11) is 1.53. The number of nitrogens with one attached hydrogen (secondary N) is 1. The molecule has 0 fully saturated rings. The number of ether oxygens (including phenoxy) is 1. The summed E-state index contributed by atoms with van der Waals surface area (Å²) in [5.74, 6) is 0.624. The number of anilines is 1. The number of aromatic hydroxyl groups is 1. The van der Waals surface area contributed by atoms with E-state index < -0.39 is 0 Å². The molecule has 2 aromatic rings. The van der Waals surface area contributed by atoms with E-state index in [1.165, 1.54) is 12.0 Å². The summed E-state index contributed by atoms with van der Waals surface area (Å²) >= 11 is 5.11. The molecule has 3 nitrogen and oxygen atoms in total. The predicted octanol–water partition coefficient (Wildman–Crippen LogP) is 3.84. The molecule has 2 rings (SSSR count). The zero-order valence-electron chi connectivity index (χ0n) is 9.24. The Morgan fingerprint density at radius 3 is 2.76 bits per heavy atom. The van der Waals surface area contributed by atoms with Crippen LogP contribution in [0.4, 0.5) is 5.69 Å². The summed E-state index contributed by atoms with van der Waals surface area (Å²) in [6.07, 6.45) is 0. The lowest BCUT2D eigenvalue weighted by Gasteiger charge is -2.07. The number of phenols is 1. The molecule has 1 aromatic carbocycles. The van der Waals surface area contributed by atoms with Crippen molar-refractivity contribution in [3.8, 4) is 11.5 Å². The molecule has 0 unspecified atom stereocenters. The Morgan fingerprint density at radius 1 is 1.35 bits per heavy atom. The third kappa shape index (κ3) is 3.14. The minimum atomic E-state index is 0.143. The van der Waals surface area contributed by atoms with Crippen molar-refractivity contribution in [2.45, 2.75) is 6.54 Å². The fourth-order valence-corrected chi connectivity index (χ4v) is 2.86. The van der Waals surface area contributed by atoms with Crippen molar-refractivity contribution in [3.63, 3.8) is 0 Å². The van der Waals surface area contributed by atoms with Gasteiger partial charge in [0.1, 0.15) is 0 Å². The molecular weight excluding hydrogens is 302 g/mol. The lowest BCUT2D eigenvalue weighted by Crippen LogP contribution is -1.97. The molecule has 0 aliphatic rings. The van der Waals surface area contributed by atoms with Gasteiger partial charge in [-0.2, -0.15) is 0 Å². The summed E-state index contributed by atoms with van der Waals surface area (Å²) in [4.78, 5) is 1.23. The van der Waals surface area contributed by atoms with Gasteiger partial charge < -0.3 is 15.2 Å². The van der Waals surface area contributed by atoms with Crippen LogP contribution in [0, 0.1) is 0 Å². The van der Waals surface area contributed by atoms with Gasteiger partial charge in [-0.3, -0.25) is 0 Å². The zero-order valence-corrected chi connectivity index (χ0v) is 11.6. The van der Waals surface area contributed by atoms with Gasteiger partial charge in [0.05, 0.1) is 10.9 Å². The second-order valence-corrected chi connectivity index (χ2v) is 5.99. The van der Waals surface area contributed by atoms with Gasteiger partial charge in [0, 0.05) is 23.2 Å². The van der Waals surface area contributed by atoms with E-state index in [2.05, 4.69) is 27.3 Å². The Balaban J connectivity index is 2.02. The second-order valence-electron chi connectivity index (χ2n) is 3.45. The average molecular weight is 314 g/mol. The van der Waals surface area contributed by atoms with E-state index in [9.17, 15) is 5.11 Å². The zero-order chi connectivity index (χ0) is 12.3. The summed E-state index contributed by atoms with van der Waals surface area (Å²) in [5, 5.41) is 12.9. The fourth-order valence-electron chi connectivity index (χ4n) is 1.44. The number of hydrogen-bond acceptors (Lipinski definition) is 4. The molecule has 0 saturated carbocycles. The van der Waals surface area contributed by atoms with Crippen molar-refractivity contribution >= 4 is 33.0 Å². The van der Waals surface area contributed by atoms with Gasteiger partial charge in [-0.1, -0.05) is 0 Å². The molecule has 0 radical (unpaired) electrons. The Kier molecular flexibility index (Phi) is 3.91. The number of methoxy groups -OCH3 is 1. The first-order chi connectivity index (χ1) is 8.19. The Morgan fingerprint density at radius 2 is 2.18 bits per heavy atom. The van der Waals surface area contributed by atoms with Crippen LogP contribution in [0.1, 0.15) is 4.88 Å². The van der Waals surface area contributed by atoms with Crippen LogP contribution in [0.2, 0.25) is 0 Å². The van der Waals surface area contributed by atoms with E-state index in [0.29, 0.717) is 5.75 Å². The largest absolute Gasteiger partial charge is 0.504 e. The van der Waals surface area contributed by atoms with Crippen LogP contribution in [0.3, 0.4) is 0 Å². The smallest absolute Gasteiger partial charge is 0.160 e. The van der Waals surface area contributed by atoms with E-state index in [0.717, 1.165) is 16.0 Å². The molecule has 0 aliphatic carbocycles. The lowest BCUT2D eigenvalue weighted by molar-refractivity contribution is 0.373. The van der Waals surface area contributed by atoms with E-state index in [4.69, 9.17) is 4.74 Å². The number of thiophene rings is 1. The van der Waals surface area contributed by atoms with E-state index in [1.54, 1.807) is 23.5 Å². The highest BCUT2D eigenvalue weighted by Crippen LogP contribution is 2.29. The van der Waals surface area contributed by atoms with Crippen molar-refractivity contribution in [2.24, 2.45) is 0 Å². The maximum atomic E-state index is 9.62. The molecule has 0 spiro atoms. The maximum absolute atomic E-state index is 9.62. The maximum Gasteiger partial charge on any atom is 0.160 e. The van der Waals surface area contributed by atoms with Gasteiger partial charge >= 0.3 is 0 Å².